The number of aromatic nitrogens is 2. The van der Waals surface area contributed by atoms with Crippen LogP contribution < -0.4 is 10.2 Å². The van der Waals surface area contributed by atoms with E-state index < -0.39 is 5.54 Å². The smallest absolute Gasteiger partial charge is 0.280 e. The SMILES string of the molecule is Cc1cccc(-n2nc3c(c2C(C)C)C2(C(=O)Nc4cc(Cl)ccc42)N(c2cc(Cl)ccc2C)C3=O)c1. The maximum atomic E-state index is 14.3. The standard InChI is InChI=1S/C29H24Cl2N4O2/c1-15(2)26-24-25(33-35(26)20-7-5-6-16(3)12-20)27(36)34(23-14-19(31)9-8-17(23)4)29(24)21-11-10-18(30)13-22(21)32-28(29)37/h5-15H,1-4H3,(H,32,37). The average Bonchev–Trinajstić information content (AvgIpc) is 3.45. The van der Waals surface area contributed by atoms with Gasteiger partial charge in [-0.2, -0.15) is 5.10 Å². The number of carbonyl (C=O) groups is 2. The number of nitrogens with one attached hydrogen (secondary N) is 1. The number of carbonyl (C=O) groups excluding carboxylic acids is 2. The lowest BCUT2D eigenvalue weighted by Crippen LogP contribution is -2.51. The highest BCUT2D eigenvalue weighted by atomic mass is 35.5. The first-order chi connectivity index (χ1) is 17.6. The molecular formula is C29H24Cl2N4O2. The molecule has 1 N–H and O–H groups in total. The summed E-state index contributed by atoms with van der Waals surface area (Å²) in [5.74, 6) is -0.737. The molecule has 6 nitrogen and oxygen atoms in total. The van der Waals surface area contributed by atoms with Gasteiger partial charge in [0.05, 0.1) is 17.1 Å². The lowest BCUT2D eigenvalue weighted by Gasteiger charge is -2.36. The molecule has 0 fully saturated rings. The number of nitrogens with zero attached hydrogens (tertiary/aromatic N) is 3. The third-order valence-corrected chi connectivity index (χ3v) is 7.65. The summed E-state index contributed by atoms with van der Waals surface area (Å²) in [6.45, 7) is 8.00. The maximum absolute atomic E-state index is 14.3. The first-order valence-corrected chi connectivity index (χ1v) is 12.8. The summed E-state index contributed by atoms with van der Waals surface area (Å²) in [6.07, 6.45) is 0. The Morgan fingerprint density at radius 1 is 0.946 bits per heavy atom. The van der Waals surface area contributed by atoms with Crippen molar-refractivity contribution in [2.45, 2.75) is 39.2 Å². The van der Waals surface area contributed by atoms with E-state index in [2.05, 4.69) is 5.32 Å². The lowest BCUT2D eigenvalue weighted by molar-refractivity contribution is -0.119. The molecule has 2 aliphatic heterocycles. The summed E-state index contributed by atoms with van der Waals surface area (Å²) in [5.41, 5.74) is 4.67. The summed E-state index contributed by atoms with van der Waals surface area (Å²) in [5, 5.41) is 8.83. The average molecular weight is 531 g/mol. The predicted molar refractivity (Wildman–Crippen MR) is 146 cm³/mol. The van der Waals surface area contributed by atoms with Crippen LogP contribution in [0.4, 0.5) is 11.4 Å². The Morgan fingerprint density at radius 3 is 2.41 bits per heavy atom. The van der Waals surface area contributed by atoms with Crippen molar-refractivity contribution in [1.29, 1.82) is 0 Å². The van der Waals surface area contributed by atoms with Gasteiger partial charge in [0.15, 0.2) is 11.2 Å². The number of aryl methyl sites for hydroxylation is 2. The van der Waals surface area contributed by atoms with Crippen molar-refractivity contribution in [2.75, 3.05) is 10.2 Å². The molecule has 3 heterocycles. The van der Waals surface area contributed by atoms with Crippen LogP contribution in [0, 0.1) is 13.8 Å². The van der Waals surface area contributed by atoms with E-state index in [0.29, 0.717) is 32.5 Å². The highest BCUT2D eigenvalue weighted by molar-refractivity contribution is 6.32. The van der Waals surface area contributed by atoms with Crippen molar-refractivity contribution in [2.24, 2.45) is 0 Å². The van der Waals surface area contributed by atoms with E-state index in [1.54, 1.807) is 29.2 Å². The summed E-state index contributed by atoms with van der Waals surface area (Å²) < 4.78 is 1.81. The van der Waals surface area contributed by atoms with Crippen LogP contribution in [-0.2, 0) is 10.3 Å². The normalized spacial score (nSPS) is 18.1. The van der Waals surface area contributed by atoms with Crippen LogP contribution in [0.15, 0.2) is 60.7 Å². The number of fused-ring (bicyclic) bond motifs is 4. The molecule has 0 bridgehead atoms. The van der Waals surface area contributed by atoms with Crippen molar-refractivity contribution >= 4 is 46.4 Å². The zero-order valence-corrected chi connectivity index (χ0v) is 22.3. The first-order valence-electron chi connectivity index (χ1n) is 12.1. The van der Waals surface area contributed by atoms with Crippen LogP contribution in [-0.4, -0.2) is 21.6 Å². The Balaban J connectivity index is 1.75. The van der Waals surface area contributed by atoms with Gasteiger partial charge >= 0.3 is 0 Å². The van der Waals surface area contributed by atoms with Gasteiger partial charge in [-0.05, 0) is 67.3 Å². The summed E-state index contributed by atoms with van der Waals surface area (Å²) in [4.78, 5) is 30.1. The van der Waals surface area contributed by atoms with Crippen molar-refractivity contribution < 1.29 is 9.59 Å². The van der Waals surface area contributed by atoms with E-state index in [9.17, 15) is 9.59 Å². The Kier molecular flexibility index (Phi) is 5.27. The molecule has 1 unspecified atom stereocenters. The lowest BCUT2D eigenvalue weighted by atomic mass is 9.81. The molecule has 1 spiro atoms. The second-order valence-electron chi connectivity index (χ2n) is 9.94. The van der Waals surface area contributed by atoms with Crippen molar-refractivity contribution in [3.8, 4) is 5.69 Å². The molecule has 2 aliphatic rings. The number of hydrogen-bond donors (Lipinski definition) is 1. The highest BCUT2D eigenvalue weighted by Gasteiger charge is 2.64. The summed E-state index contributed by atoms with van der Waals surface area (Å²) in [6, 6.07) is 18.6. The molecular weight excluding hydrogens is 507 g/mol. The van der Waals surface area contributed by atoms with Gasteiger partial charge in [-0.25, -0.2) is 4.68 Å². The molecule has 3 aromatic carbocycles. The minimum atomic E-state index is -1.47. The van der Waals surface area contributed by atoms with Gasteiger partial charge in [-0.1, -0.05) is 61.3 Å². The molecule has 0 saturated heterocycles. The molecule has 0 radical (unpaired) electrons. The van der Waals surface area contributed by atoms with E-state index in [4.69, 9.17) is 28.3 Å². The monoisotopic (exact) mass is 530 g/mol. The van der Waals surface area contributed by atoms with Crippen LogP contribution in [0.2, 0.25) is 10.0 Å². The van der Waals surface area contributed by atoms with Gasteiger partial charge in [-0.3, -0.25) is 14.5 Å². The molecule has 37 heavy (non-hydrogen) atoms. The van der Waals surface area contributed by atoms with Crippen LogP contribution in [0.5, 0.6) is 0 Å². The van der Waals surface area contributed by atoms with E-state index in [1.807, 2.05) is 68.8 Å². The summed E-state index contributed by atoms with van der Waals surface area (Å²) >= 11 is 12.7. The molecule has 1 atom stereocenters. The molecule has 0 saturated carbocycles. The van der Waals surface area contributed by atoms with Gasteiger partial charge in [0.2, 0.25) is 0 Å². The molecule has 1 aromatic heterocycles. The fourth-order valence-corrected chi connectivity index (χ4v) is 5.99. The molecule has 4 aromatic rings. The number of halogens is 2. The Morgan fingerprint density at radius 2 is 1.68 bits per heavy atom. The van der Waals surface area contributed by atoms with Gasteiger partial charge in [0.1, 0.15) is 0 Å². The van der Waals surface area contributed by atoms with Crippen LogP contribution in [0.25, 0.3) is 5.69 Å². The van der Waals surface area contributed by atoms with Crippen LogP contribution in [0.3, 0.4) is 0 Å². The molecule has 2 amide bonds. The third kappa shape index (κ3) is 3.22. The number of hydrogen-bond acceptors (Lipinski definition) is 3. The van der Waals surface area contributed by atoms with Crippen molar-refractivity contribution in [3.05, 3.63) is 104 Å². The molecule has 6 rings (SSSR count). The fourth-order valence-electron chi connectivity index (χ4n) is 5.65. The van der Waals surface area contributed by atoms with Gasteiger partial charge in [0.25, 0.3) is 11.8 Å². The zero-order chi connectivity index (χ0) is 26.2. The van der Waals surface area contributed by atoms with E-state index in [1.165, 1.54) is 0 Å². The van der Waals surface area contributed by atoms with Gasteiger partial charge in [0, 0.05) is 26.9 Å². The van der Waals surface area contributed by atoms with E-state index >= 15 is 0 Å². The minimum Gasteiger partial charge on any atom is -0.323 e. The largest absolute Gasteiger partial charge is 0.323 e. The Labute approximate surface area is 224 Å². The van der Waals surface area contributed by atoms with E-state index in [-0.39, 0.29) is 23.4 Å². The second-order valence-corrected chi connectivity index (χ2v) is 10.8. The minimum absolute atomic E-state index is 0.0500. The third-order valence-electron chi connectivity index (χ3n) is 7.18. The van der Waals surface area contributed by atoms with Gasteiger partial charge in [-0.15, -0.1) is 0 Å². The molecule has 186 valence electrons. The summed E-state index contributed by atoms with van der Waals surface area (Å²) in [7, 11) is 0. The number of rotatable bonds is 3. The quantitative estimate of drug-likeness (QED) is 0.317. The first kappa shape index (κ1) is 23.8. The highest BCUT2D eigenvalue weighted by Crippen LogP contribution is 2.55. The fraction of sp³-hybridized carbons (Fsp3) is 0.207. The van der Waals surface area contributed by atoms with Crippen LogP contribution >= 0.6 is 23.2 Å². The number of anilines is 2. The Bertz CT molecular complexity index is 1640. The van der Waals surface area contributed by atoms with Crippen molar-refractivity contribution in [1.82, 2.24) is 9.78 Å². The second kappa shape index (κ2) is 8.20. The van der Waals surface area contributed by atoms with Gasteiger partial charge < -0.3 is 5.32 Å². The van der Waals surface area contributed by atoms with E-state index in [0.717, 1.165) is 22.5 Å². The molecule has 8 heteroatoms. The number of benzene rings is 3. The topological polar surface area (TPSA) is 67.2 Å². The maximum Gasteiger partial charge on any atom is 0.280 e. The van der Waals surface area contributed by atoms with Crippen LogP contribution in [0.1, 0.15) is 58.2 Å². The predicted octanol–water partition coefficient (Wildman–Crippen LogP) is 6.78. The molecule has 0 aliphatic carbocycles. The Hall–Kier alpha value is -3.61. The zero-order valence-electron chi connectivity index (χ0n) is 20.8. The number of amides is 2. The van der Waals surface area contributed by atoms with Crippen molar-refractivity contribution in [3.63, 3.8) is 0 Å².